The summed E-state index contributed by atoms with van der Waals surface area (Å²) in [4.78, 5) is 11.8. The van der Waals surface area contributed by atoms with E-state index in [1.54, 1.807) is 6.26 Å². The lowest BCUT2D eigenvalue weighted by molar-refractivity contribution is -0.143. The van der Waals surface area contributed by atoms with Crippen LogP contribution in [0.15, 0.2) is 42.7 Å². The molecule has 1 aromatic rings. The molecular formula is C15H19NO3. The van der Waals surface area contributed by atoms with Gasteiger partial charge in [0, 0.05) is 6.54 Å². The fraction of sp³-hybridized carbons (Fsp3) is 0.400. The average molecular weight is 261 g/mol. The molecule has 1 aliphatic heterocycles. The topological polar surface area (TPSA) is 47.6 Å². The van der Waals surface area contributed by atoms with E-state index in [9.17, 15) is 4.79 Å². The van der Waals surface area contributed by atoms with Crippen molar-refractivity contribution in [3.8, 4) is 0 Å². The average Bonchev–Trinajstić information content (AvgIpc) is 2.49. The van der Waals surface area contributed by atoms with Crippen molar-refractivity contribution in [1.82, 2.24) is 5.32 Å². The van der Waals surface area contributed by atoms with Gasteiger partial charge in [-0.3, -0.25) is 5.32 Å². The molecule has 1 N–H and O–H groups in total. The first kappa shape index (κ1) is 13.6. The molecule has 0 radical (unpaired) electrons. The van der Waals surface area contributed by atoms with Crippen LogP contribution in [0, 0.1) is 0 Å². The molecule has 0 aromatic heterocycles. The monoisotopic (exact) mass is 261 g/mol. The summed E-state index contributed by atoms with van der Waals surface area (Å²) in [5, 5.41) is 3.22. The normalized spacial score (nSPS) is 19.5. The van der Waals surface area contributed by atoms with Crippen molar-refractivity contribution in [2.45, 2.75) is 25.0 Å². The third kappa shape index (κ3) is 3.83. The smallest absolute Gasteiger partial charge is 0.327 e. The fourth-order valence-corrected chi connectivity index (χ4v) is 2.08. The lowest BCUT2D eigenvalue weighted by Gasteiger charge is -2.23. The highest BCUT2D eigenvalue weighted by atomic mass is 16.5. The van der Waals surface area contributed by atoms with Crippen LogP contribution in [0.5, 0.6) is 0 Å². The van der Waals surface area contributed by atoms with Gasteiger partial charge in [-0.25, -0.2) is 4.79 Å². The van der Waals surface area contributed by atoms with Crippen molar-refractivity contribution in [2.75, 3.05) is 13.7 Å². The molecule has 2 unspecified atom stereocenters. The maximum atomic E-state index is 11.8. The molecule has 0 saturated carbocycles. The molecule has 0 amide bonds. The van der Waals surface area contributed by atoms with Gasteiger partial charge in [0.2, 0.25) is 0 Å². The van der Waals surface area contributed by atoms with Crippen molar-refractivity contribution < 1.29 is 14.3 Å². The van der Waals surface area contributed by atoms with E-state index in [0.717, 1.165) is 18.4 Å². The molecule has 4 nitrogen and oxygen atoms in total. The third-order valence-corrected chi connectivity index (χ3v) is 3.14. The van der Waals surface area contributed by atoms with Crippen molar-refractivity contribution in [2.24, 2.45) is 0 Å². The molecule has 0 bridgehead atoms. The zero-order chi connectivity index (χ0) is 13.5. The number of ether oxygens (including phenoxy) is 2. The highest BCUT2D eigenvalue weighted by Crippen LogP contribution is 2.16. The number of methoxy groups -OCH3 is 1. The number of rotatable bonds is 5. The van der Waals surface area contributed by atoms with E-state index in [4.69, 9.17) is 9.47 Å². The van der Waals surface area contributed by atoms with Crippen LogP contribution in [0.4, 0.5) is 0 Å². The number of carbonyl (C=O) groups excluding carboxylic acids is 1. The largest absolute Gasteiger partial charge is 0.497 e. The molecule has 102 valence electrons. The Morgan fingerprint density at radius 1 is 1.47 bits per heavy atom. The van der Waals surface area contributed by atoms with Crippen molar-refractivity contribution in [1.29, 1.82) is 0 Å². The highest BCUT2D eigenvalue weighted by Gasteiger charge is 2.22. The van der Waals surface area contributed by atoms with Gasteiger partial charge in [-0.15, -0.1) is 0 Å². The quantitative estimate of drug-likeness (QED) is 0.825. The van der Waals surface area contributed by atoms with Crippen molar-refractivity contribution in [3.05, 3.63) is 48.2 Å². The summed E-state index contributed by atoms with van der Waals surface area (Å²) in [7, 11) is 1.40. The summed E-state index contributed by atoms with van der Waals surface area (Å²) in [6.07, 6.45) is 5.82. The van der Waals surface area contributed by atoms with Crippen LogP contribution < -0.4 is 5.32 Å². The lowest BCUT2D eigenvalue weighted by Crippen LogP contribution is -2.36. The number of hydrogen-bond donors (Lipinski definition) is 1. The Morgan fingerprint density at radius 2 is 2.26 bits per heavy atom. The fourth-order valence-electron chi connectivity index (χ4n) is 2.08. The van der Waals surface area contributed by atoms with Crippen molar-refractivity contribution >= 4 is 5.97 Å². The first-order valence-corrected chi connectivity index (χ1v) is 6.48. The maximum absolute atomic E-state index is 11.8. The number of carbonyl (C=O) groups is 1. The molecule has 4 heteroatoms. The first-order chi connectivity index (χ1) is 9.31. The minimum Gasteiger partial charge on any atom is -0.497 e. The number of benzene rings is 1. The summed E-state index contributed by atoms with van der Waals surface area (Å²) in [5.41, 5.74) is 0.903. The Kier molecular flexibility index (Phi) is 4.98. The highest BCUT2D eigenvalue weighted by molar-refractivity contribution is 5.77. The summed E-state index contributed by atoms with van der Waals surface area (Å²) in [5.74, 6) is -0.280. The van der Waals surface area contributed by atoms with E-state index in [2.05, 4.69) is 5.32 Å². The SMILES string of the molecule is COC(=O)C(NCC1CCC=CO1)c1ccccc1. The number of allylic oxidation sites excluding steroid dienone is 1. The van der Waals surface area contributed by atoms with Crippen LogP contribution in [0.1, 0.15) is 24.4 Å². The summed E-state index contributed by atoms with van der Waals surface area (Å²) in [6, 6.07) is 9.12. The van der Waals surface area contributed by atoms with Crippen LogP contribution in [-0.4, -0.2) is 25.7 Å². The number of nitrogens with one attached hydrogen (secondary N) is 1. The molecular weight excluding hydrogens is 242 g/mol. The molecule has 0 spiro atoms. The standard InChI is InChI=1S/C15H19NO3/c1-18-15(17)14(12-7-3-2-4-8-12)16-11-13-9-5-6-10-19-13/h2-4,6-8,10,13-14,16H,5,9,11H2,1H3. The second-order valence-electron chi connectivity index (χ2n) is 4.48. The van der Waals surface area contributed by atoms with Crippen LogP contribution in [0.25, 0.3) is 0 Å². The zero-order valence-electron chi connectivity index (χ0n) is 11.0. The van der Waals surface area contributed by atoms with Gasteiger partial charge < -0.3 is 9.47 Å². The maximum Gasteiger partial charge on any atom is 0.327 e. The van der Waals surface area contributed by atoms with E-state index in [-0.39, 0.29) is 12.1 Å². The molecule has 0 fully saturated rings. The molecule has 0 saturated heterocycles. The Balaban J connectivity index is 1.98. The second-order valence-corrected chi connectivity index (χ2v) is 4.48. The van der Waals surface area contributed by atoms with Crippen LogP contribution >= 0.6 is 0 Å². The number of esters is 1. The Morgan fingerprint density at radius 3 is 2.89 bits per heavy atom. The number of hydrogen-bond acceptors (Lipinski definition) is 4. The van der Waals surface area contributed by atoms with Gasteiger partial charge >= 0.3 is 5.97 Å². The predicted octanol–water partition coefficient (Wildman–Crippen LogP) is 2.18. The predicted molar refractivity (Wildman–Crippen MR) is 72.4 cm³/mol. The van der Waals surface area contributed by atoms with Gasteiger partial charge in [0.15, 0.2) is 0 Å². The molecule has 1 aliphatic rings. The minimum absolute atomic E-state index is 0.112. The van der Waals surface area contributed by atoms with Gasteiger partial charge in [-0.05, 0) is 24.5 Å². The second kappa shape index (κ2) is 6.95. The molecule has 1 heterocycles. The van der Waals surface area contributed by atoms with Crippen molar-refractivity contribution in [3.63, 3.8) is 0 Å². The molecule has 2 atom stereocenters. The summed E-state index contributed by atoms with van der Waals surface area (Å²) in [6.45, 7) is 0.624. The van der Waals surface area contributed by atoms with Gasteiger partial charge in [0.05, 0.1) is 13.4 Å². The van der Waals surface area contributed by atoms with Gasteiger partial charge in [-0.2, -0.15) is 0 Å². The van der Waals surface area contributed by atoms with Gasteiger partial charge in [0.1, 0.15) is 12.1 Å². The molecule has 0 aliphatic carbocycles. The Labute approximate surface area is 113 Å². The molecule has 19 heavy (non-hydrogen) atoms. The summed E-state index contributed by atoms with van der Waals surface area (Å²) >= 11 is 0. The Bertz CT molecular complexity index is 430. The first-order valence-electron chi connectivity index (χ1n) is 6.48. The van der Waals surface area contributed by atoms with Gasteiger partial charge in [-0.1, -0.05) is 30.3 Å². The third-order valence-electron chi connectivity index (χ3n) is 3.14. The Hall–Kier alpha value is -1.81. The van der Waals surface area contributed by atoms with E-state index in [1.165, 1.54) is 7.11 Å². The minimum atomic E-state index is -0.444. The van der Waals surface area contributed by atoms with E-state index in [1.807, 2.05) is 36.4 Å². The van der Waals surface area contributed by atoms with E-state index >= 15 is 0 Å². The van der Waals surface area contributed by atoms with E-state index < -0.39 is 6.04 Å². The lowest BCUT2D eigenvalue weighted by atomic mass is 10.1. The summed E-state index contributed by atoms with van der Waals surface area (Å²) < 4.78 is 10.3. The zero-order valence-corrected chi connectivity index (χ0v) is 11.0. The molecule has 2 rings (SSSR count). The van der Waals surface area contributed by atoms with Gasteiger partial charge in [0.25, 0.3) is 0 Å². The van der Waals surface area contributed by atoms with Crippen LogP contribution in [0.2, 0.25) is 0 Å². The van der Waals surface area contributed by atoms with E-state index in [0.29, 0.717) is 6.54 Å². The van der Waals surface area contributed by atoms with Crippen LogP contribution in [0.3, 0.4) is 0 Å². The molecule has 1 aromatic carbocycles. The van der Waals surface area contributed by atoms with Crippen LogP contribution in [-0.2, 0) is 14.3 Å².